The van der Waals surface area contributed by atoms with E-state index in [-0.39, 0.29) is 24.8 Å². The van der Waals surface area contributed by atoms with Crippen molar-refractivity contribution in [2.24, 2.45) is 0 Å². The molecule has 1 aromatic rings. The summed E-state index contributed by atoms with van der Waals surface area (Å²) in [6.07, 6.45) is 2.25. The topological polar surface area (TPSA) is 87.1 Å². The van der Waals surface area contributed by atoms with Crippen molar-refractivity contribution in [1.29, 1.82) is 0 Å². The Balaban J connectivity index is 2.37. The average Bonchev–Trinajstić information content (AvgIpc) is 2.60. The molecule has 86 valence electrons. The van der Waals surface area contributed by atoms with Crippen molar-refractivity contribution in [3.63, 3.8) is 0 Å². The van der Waals surface area contributed by atoms with Crippen LogP contribution in [0.1, 0.15) is 24.6 Å². The zero-order valence-electron chi connectivity index (χ0n) is 8.40. The smallest absolute Gasteiger partial charge is 0.249 e. The lowest BCUT2D eigenvalue weighted by molar-refractivity contribution is -0.135. The number of piperidine rings is 1. The molecular weight excluding hydrogens is 230 g/mol. The second kappa shape index (κ2) is 4.18. The van der Waals surface area contributed by atoms with Gasteiger partial charge in [-0.15, -0.1) is 0 Å². The Morgan fingerprint density at radius 1 is 1.56 bits per heavy atom. The molecule has 7 heteroatoms. The van der Waals surface area contributed by atoms with Gasteiger partial charge in [-0.05, 0) is 18.6 Å². The number of carbonyl (C=O) groups excluding carboxylic acids is 2. The third-order valence-corrected chi connectivity index (χ3v) is 2.89. The maximum absolute atomic E-state index is 11.6. The van der Waals surface area contributed by atoms with Gasteiger partial charge in [-0.1, -0.05) is 0 Å². The fourth-order valence-corrected chi connectivity index (χ4v) is 2.11. The van der Waals surface area contributed by atoms with E-state index in [1.54, 1.807) is 10.8 Å². The Morgan fingerprint density at radius 3 is 2.94 bits per heavy atom. The number of aliphatic hydroxyl groups excluding tert-OH is 1. The summed E-state index contributed by atoms with van der Waals surface area (Å²) in [7, 11) is 0. The van der Waals surface area contributed by atoms with E-state index in [1.807, 2.05) is 0 Å². The second-order valence-electron chi connectivity index (χ2n) is 3.58. The predicted molar refractivity (Wildman–Crippen MR) is 57.0 cm³/mol. The van der Waals surface area contributed by atoms with E-state index in [4.69, 9.17) is 17.3 Å². The lowest BCUT2D eigenvalue weighted by atomic mass is 10.1. The number of carbonyl (C=O) groups is 2. The van der Waals surface area contributed by atoms with Crippen molar-refractivity contribution >= 4 is 24.0 Å². The van der Waals surface area contributed by atoms with Crippen LogP contribution in [0.5, 0.6) is 0 Å². The highest BCUT2D eigenvalue weighted by atomic mass is 32.1. The van der Waals surface area contributed by atoms with Gasteiger partial charge in [0, 0.05) is 12.6 Å². The normalized spacial score (nSPS) is 20.9. The van der Waals surface area contributed by atoms with E-state index in [9.17, 15) is 9.59 Å². The van der Waals surface area contributed by atoms with Gasteiger partial charge in [0.25, 0.3) is 0 Å². The third kappa shape index (κ3) is 1.79. The van der Waals surface area contributed by atoms with Crippen LogP contribution in [0.15, 0.2) is 6.20 Å². The number of aromatic nitrogens is 2. The highest BCUT2D eigenvalue weighted by molar-refractivity contribution is 7.71. The summed E-state index contributed by atoms with van der Waals surface area (Å²) in [4.78, 5) is 25.4. The standard InChI is InChI=1S/C9H11N3O3S/c13-4-5-3-10-9(16)12(5)6-1-2-7(14)11-8(6)15/h3,6,13H,1-2,4H2,(H,10,16)(H,11,14,15). The van der Waals surface area contributed by atoms with Crippen molar-refractivity contribution in [1.82, 2.24) is 14.9 Å². The Morgan fingerprint density at radius 2 is 2.31 bits per heavy atom. The summed E-state index contributed by atoms with van der Waals surface area (Å²) in [5, 5.41) is 11.4. The minimum Gasteiger partial charge on any atom is -0.390 e. The van der Waals surface area contributed by atoms with Crippen LogP contribution in [0.3, 0.4) is 0 Å². The first kappa shape index (κ1) is 11.0. The van der Waals surface area contributed by atoms with Crippen LogP contribution in [-0.2, 0) is 16.2 Å². The first-order valence-corrected chi connectivity index (χ1v) is 5.27. The Labute approximate surface area is 96.3 Å². The minimum absolute atomic E-state index is 0.204. The Hall–Kier alpha value is -1.47. The van der Waals surface area contributed by atoms with Crippen LogP contribution in [0.2, 0.25) is 0 Å². The third-order valence-electron chi connectivity index (χ3n) is 2.57. The van der Waals surface area contributed by atoms with E-state index in [0.29, 0.717) is 16.9 Å². The van der Waals surface area contributed by atoms with Gasteiger partial charge in [0.05, 0.1) is 12.3 Å². The summed E-state index contributed by atoms with van der Waals surface area (Å²) in [5.74, 6) is -0.643. The average molecular weight is 241 g/mol. The fourth-order valence-electron chi connectivity index (χ4n) is 1.81. The first-order valence-electron chi connectivity index (χ1n) is 4.87. The fraction of sp³-hybridized carbons (Fsp3) is 0.444. The van der Waals surface area contributed by atoms with Crippen LogP contribution in [0.25, 0.3) is 0 Å². The molecule has 1 aliphatic heterocycles. The molecule has 1 unspecified atom stereocenters. The Kier molecular flexibility index (Phi) is 2.88. The monoisotopic (exact) mass is 241 g/mol. The zero-order chi connectivity index (χ0) is 11.7. The van der Waals surface area contributed by atoms with Gasteiger partial charge in [-0.2, -0.15) is 0 Å². The van der Waals surface area contributed by atoms with Gasteiger partial charge in [-0.25, -0.2) is 0 Å². The highest BCUT2D eigenvalue weighted by Crippen LogP contribution is 2.21. The molecular formula is C9H11N3O3S. The second-order valence-corrected chi connectivity index (χ2v) is 3.97. The summed E-state index contributed by atoms with van der Waals surface area (Å²) in [5.41, 5.74) is 0.541. The molecule has 1 saturated heterocycles. The number of amides is 2. The van der Waals surface area contributed by atoms with Crippen molar-refractivity contribution in [3.05, 3.63) is 16.7 Å². The predicted octanol–water partition coefficient (Wildman–Crippen LogP) is 0.0157. The molecule has 0 spiro atoms. The molecule has 1 atom stereocenters. The lowest BCUT2D eigenvalue weighted by Gasteiger charge is -2.23. The van der Waals surface area contributed by atoms with Crippen molar-refractivity contribution < 1.29 is 14.7 Å². The van der Waals surface area contributed by atoms with Crippen LogP contribution in [0.4, 0.5) is 0 Å². The molecule has 0 aromatic carbocycles. The molecule has 0 bridgehead atoms. The Bertz CT molecular complexity index is 490. The summed E-state index contributed by atoms with van der Waals surface area (Å²) in [6.45, 7) is -0.204. The number of hydrogen-bond acceptors (Lipinski definition) is 4. The van der Waals surface area contributed by atoms with E-state index < -0.39 is 6.04 Å². The molecule has 0 saturated carbocycles. The molecule has 1 aromatic heterocycles. The van der Waals surface area contributed by atoms with Crippen molar-refractivity contribution in [2.75, 3.05) is 0 Å². The molecule has 2 rings (SSSR count). The molecule has 1 aliphatic rings. The lowest BCUT2D eigenvalue weighted by Crippen LogP contribution is -2.42. The largest absolute Gasteiger partial charge is 0.390 e. The van der Waals surface area contributed by atoms with E-state index in [1.165, 1.54) is 0 Å². The minimum atomic E-state index is -0.515. The number of aliphatic hydroxyl groups is 1. The van der Waals surface area contributed by atoms with E-state index in [2.05, 4.69) is 10.3 Å². The molecule has 1 fully saturated rings. The number of H-pyrrole nitrogens is 1. The van der Waals surface area contributed by atoms with Gasteiger partial charge in [-0.3, -0.25) is 14.9 Å². The highest BCUT2D eigenvalue weighted by Gasteiger charge is 2.29. The first-order chi connectivity index (χ1) is 7.63. The quantitative estimate of drug-likeness (QED) is 0.503. The molecule has 16 heavy (non-hydrogen) atoms. The van der Waals surface area contributed by atoms with Gasteiger partial charge >= 0.3 is 0 Å². The molecule has 0 aliphatic carbocycles. The number of hydrogen-bond donors (Lipinski definition) is 3. The summed E-state index contributed by atoms with van der Waals surface area (Å²) >= 11 is 5.03. The number of aromatic amines is 1. The number of nitrogens with zero attached hydrogens (tertiary/aromatic N) is 1. The molecule has 2 heterocycles. The molecule has 2 amide bonds. The van der Waals surface area contributed by atoms with Gasteiger partial charge < -0.3 is 14.7 Å². The van der Waals surface area contributed by atoms with Gasteiger partial charge in [0.15, 0.2) is 4.77 Å². The molecule has 6 nitrogen and oxygen atoms in total. The van der Waals surface area contributed by atoms with E-state index in [0.717, 1.165) is 0 Å². The van der Waals surface area contributed by atoms with Crippen LogP contribution in [-0.4, -0.2) is 26.5 Å². The summed E-state index contributed by atoms with van der Waals surface area (Å²) in [6, 6.07) is -0.515. The number of rotatable bonds is 2. The van der Waals surface area contributed by atoms with Crippen LogP contribution in [0, 0.1) is 4.77 Å². The van der Waals surface area contributed by atoms with Crippen molar-refractivity contribution in [3.8, 4) is 0 Å². The molecule has 0 radical (unpaired) electrons. The maximum atomic E-state index is 11.6. The molecule has 3 N–H and O–H groups in total. The van der Waals surface area contributed by atoms with E-state index >= 15 is 0 Å². The number of nitrogens with one attached hydrogen (secondary N) is 2. The van der Waals surface area contributed by atoms with Crippen LogP contribution < -0.4 is 5.32 Å². The SMILES string of the molecule is O=C1CCC(n2c(CO)c[nH]c2=S)C(=O)N1. The summed E-state index contributed by atoms with van der Waals surface area (Å²) < 4.78 is 1.93. The van der Waals surface area contributed by atoms with Crippen LogP contribution >= 0.6 is 12.2 Å². The van der Waals surface area contributed by atoms with Gasteiger partial charge in [0.1, 0.15) is 6.04 Å². The number of imidazole rings is 1. The van der Waals surface area contributed by atoms with Crippen molar-refractivity contribution in [2.45, 2.75) is 25.5 Å². The maximum Gasteiger partial charge on any atom is 0.249 e. The van der Waals surface area contributed by atoms with Gasteiger partial charge in [0.2, 0.25) is 11.8 Å². The zero-order valence-corrected chi connectivity index (χ0v) is 9.21. The number of imide groups is 1.